The van der Waals surface area contributed by atoms with Crippen molar-refractivity contribution < 1.29 is 9.59 Å². The molecular formula is C12H23N3O2. The summed E-state index contributed by atoms with van der Waals surface area (Å²) in [7, 11) is 0. The molecule has 1 aliphatic rings. The van der Waals surface area contributed by atoms with Crippen LogP contribution in [0.5, 0.6) is 0 Å². The van der Waals surface area contributed by atoms with Crippen LogP contribution in [-0.4, -0.2) is 37.0 Å². The second-order valence-electron chi connectivity index (χ2n) is 4.60. The summed E-state index contributed by atoms with van der Waals surface area (Å²) >= 11 is 0. The molecule has 1 rings (SSSR count). The summed E-state index contributed by atoms with van der Waals surface area (Å²) in [4.78, 5) is 22.8. The second kappa shape index (κ2) is 6.59. The van der Waals surface area contributed by atoms with E-state index in [1.54, 1.807) is 0 Å². The van der Waals surface area contributed by atoms with Crippen LogP contribution in [0.3, 0.4) is 0 Å². The summed E-state index contributed by atoms with van der Waals surface area (Å²) in [5.74, 6) is 0.00344. The molecule has 1 atom stereocenters. The Balaban J connectivity index is 2.35. The van der Waals surface area contributed by atoms with Crippen LogP contribution in [0.1, 0.15) is 39.5 Å². The van der Waals surface area contributed by atoms with Gasteiger partial charge in [0.1, 0.15) is 0 Å². The molecule has 0 bridgehead atoms. The quantitative estimate of drug-likeness (QED) is 0.580. The molecule has 1 heterocycles. The monoisotopic (exact) mass is 241 g/mol. The Morgan fingerprint density at radius 2 is 2.00 bits per heavy atom. The van der Waals surface area contributed by atoms with E-state index in [4.69, 9.17) is 0 Å². The minimum absolute atomic E-state index is 0.0680. The van der Waals surface area contributed by atoms with E-state index in [0.717, 1.165) is 32.2 Å². The highest BCUT2D eigenvalue weighted by atomic mass is 16.2. The maximum Gasteiger partial charge on any atom is 0.240 e. The maximum absolute atomic E-state index is 12.1. The Morgan fingerprint density at radius 3 is 2.53 bits per heavy atom. The third kappa shape index (κ3) is 4.00. The van der Waals surface area contributed by atoms with E-state index < -0.39 is 0 Å². The molecule has 0 aliphatic carbocycles. The van der Waals surface area contributed by atoms with Gasteiger partial charge in [-0.2, -0.15) is 0 Å². The van der Waals surface area contributed by atoms with Crippen LogP contribution in [0.4, 0.5) is 0 Å². The molecule has 5 heteroatoms. The Hall–Kier alpha value is -1.10. The summed E-state index contributed by atoms with van der Waals surface area (Å²) in [5, 5.41) is 8.87. The molecular weight excluding hydrogens is 218 g/mol. The molecule has 98 valence electrons. The summed E-state index contributed by atoms with van der Waals surface area (Å²) in [5.41, 5.74) is -0.370. The Labute approximate surface area is 103 Å². The van der Waals surface area contributed by atoms with Crippen molar-refractivity contribution in [3.05, 3.63) is 0 Å². The van der Waals surface area contributed by atoms with E-state index in [2.05, 4.69) is 22.9 Å². The van der Waals surface area contributed by atoms with Crippen molar-refractivity contribution in [1.29, 1.82) is 0 Å². The Kier molecular flexibility index (Phi) is 5.41. The normalized spacial score (nSPS) is 23.4. The van der Waals surface area contributed by atoms with E-state index >= 15 is 0 Å². The molecule has 2 amide bonds. The molecule has 0 aromatic carbocycles. The lowest BCUT2D eigenvalue weighted by Crippen LogP contribution is -2.54. The maximum atomic E-state index is 12.1. The third-order valence-corrected chi connectivity index (χ3v) is 3.14. The van der Waals surface area contributed by atoms with Crippen molar-refractivity contribution >= 4 is 11.8 Å². The number of hydrogen-bond acceptors (Lipinski definition) is 3. The lowest BCUT2D eigenvalue weighted by Gasteiger charge is -2.27. The first kappa shape index (κ1) is 14.0. The molecule has 1 saturated heterocycles. The van der Waals surface area contributed by atoms with Gasteiger partial charge in [0.25, 0.3) is 0 Å². The molecule has 0 radical (unpaired) electrons. The van der Waals surface area contributed by atoms with Gasteiger partial charge in [-0.3, -0.25) is 9.59 Å². The molecule has 1 aliphatic heterocycles. The average molecular weight is 241 g/mol. The Morgan fingerprint density at radius 1 is 1.29 bits per heavy atom. The number of carbonyl (C=O) groups excluding carboxylic acids is 2. The first-order valence-corrected chi connectivity index (χ1v) is 6.38. The van der Waals surface area contributed by atoms with Crippen LogP contribution >= 0.6 is 0 Å². The molecule has 0 aromatic heterocycles. The molecule has 1 unspecified atom stereocenters. The largest absolute Gasteiger partial charge is 0.355 e. The third-order valence-electron chi connectivity index (χ3n) is 3.14. The molecule has 1 fully saturated rings. The highest BCUT2D eigenvalue weighted by Gasteiger charge is 2.39. The zero-order valence-corrected chi connectivity index (χ0v) is 10.8. The van der Waals surface area contributed by atoms with Gasteiger partial charge in [0, 0.05) is 20.0 Å². The molecule has 0 spiro atoms. The number of rotatable bonds is 6. The zero-order chi connectivity index (χ0) is 12.7. The van der Waals surface area contributed by atoms with Crippen LogP contribution in [0.15, 0.2) is 0 Å². The minimum Gasteiger partial charge on any atom is -0.355 e. The fourth-order valence-corrected chi connectivity index (χ4v) is 2.34. The highest BCUT2D eigenvalue weighted by Crippen LogP contribution is 2.24. The van der Waals surface area contributed by atoms with Crippen molar-refractivity contribution in [3.63, 3.8) is 0 Å². The number of carbonyl (C=O) groups is 2. The van der Waals surface area contributed by atoms with E-state index in [0.29, 0.717) is 13.1 Å². The van der Waals surface area contributed by atoms with Gasteiger partial charge in [-0.25, -0.2) is 0 Å². The van der Waals surface area contributed by atoms with Crippen LogP contribution in [0, 0.1) is 0 Å². The topological polar surface area (TPSA) is 70.2 Å². The summed E-state index contributed by atoms with van der Waals surface area (Å²) < 4.78 is 0. The Bertz CT molecular complexity index is 273. The van der Waals surface area contributed by atoms with Gasteiger partial charge >= 0.3 is 0 Å². The van der Waals surface area contributed by atoms with E-state index in [9.17, 15) is 9.59 Å². The van der Waals surface area contributed by atoms with E-state index in [1.807, 2.05) is 0 Å². The smallest absolute Gasteiger partial charge is 0.240 e. The van der Waals surface area contributed by atoms with Crippen molar-refractivity contribution in [2.24, 2.45) is 0 Å². The SMILES string of the molecule is CCCC1(C(=O)NCCNC(C)=O)CCCN1. The zero-order valence-electron chi connectivity index (χ0n) is 10.8. The van der Waals surface area contributed by atoms with Crippen molar-refractivity contribution in [2.45, 2.75) is 45.1 Å². The standard InChI is InChI=1S/C12H23N3O2/c1-3-5-12(6-4-7-15-12)11(17)14-9-8-13-10(2)16/h15H,3-9H2,1-2H3,(H,13,16)(H,14,17). The van der Waals surface area contributed by atoms with Gasteiger partial charge in [0.15, 0.2) is 0 Å². The predicted molar refractivity (Wildman–Crippen MR) is 66.6 cm³/mol. The van der Waals surface area contributed by atoms with Crippen molar-refractivity contribution in [1.82, 2.24) is 16.0 Å². The molecule has 3 N–H and O–H groups in total. The summed E-state index contributed by atoms with van der Waals surface area (Å²) in [6.45, 7) is 5.46. The van der Waals surface area contributed by atoms with Crippen LogP contribution < -0.4 is 16.0 Å². The predicted octanol–water partition coefficient (Wildman–Crippen LogP) is 0.161. The first-order valence-electron chi connectivity index (χ1n) is 6.38. The van der Waals surface area contributed by atoms with Gasteiger partial charge in [-0.1, -0.05) is 13.3 Å². The fraction of sp³-hybridized carbons (Fsp3) is 0.833. The first-order chi connectivity index (χ1) is 8.10. The van der Waals surface area contributed by atoms with Crippen LogP contribution in [0.2, 0.25) is 0 Å². The molecule has 5 nitrogen and oxygen atoms in total. The van der Waals surface area contributed by atoms with Gasteiger partial charge in [-0.15, -0.1) is 0 Å². The van der Waals surface area contributed by atoms with Crippen molar-refractivity contribution in [2.75, 3.05) is 19.6 Å². The number of nitrogens with one attached hydrogen (secondary N) is 3. The van der Waals surface area contributed by atoms with Gasteiger partial charge in [0.2, 0.25) is 11.8 Å². The number of amides is 2. The fourth-order valence-electron chi connectivity index (χ4n) is 2.34. The summed E-state index contributed by atoms with van der Waals surface area (Å²) in [6.07, 6.45) is 3.83. The minimum atomic E-state index is -0.370. The molecule has 17 heavy (non-hydrogen) atoms. The van der Waals surface area contributed by atoms with E-state index in [-0.39, 0.29) is 17.4 Å². The molecule has 0 saturated carbocycles. The van der Waals surface area contributed by atoms with Gasteiger partial charge in [-0.05, 0) is 25.8 Å². The van der Waals surface area contributed by atoms with Crippen LogP contribution in [-0.2, 0) is 9.59 Å². The molecule has 0 aromatic rings. The van der Waals surface area contributed by atoms with Gasteiger partial charge < -0.3 is 16.0 Å². The second-order valence-corrected chi connectivity index (χ2v) is 4.60. The number of hydrogen-bond donors (Lipinski definition) is 3. The lowest BCUT2D eigenvalue weighted by atomic mass is 9.91. The van der Waals surface area contributed by atoms with Gasteiger partial charge in [0.05, 0.1) is 5.54 Å². The highest BCUT2D eigenvalue weighted by molar-refractivity contribution is 5.86. The lowest BCUT2D eigenvalue weighted by molar-refractivity contribution is -0.127. The van der Waals surface area contributed by atoms with Crippen LogP contribution in [0.25, 0.3) is 0 Å². The summed E-state index contributed by atoms with van der Waals surface area (Å²) in [6, 6.07) is 0. The van der Waals surface area contributed by atoms with E-state index in [1.165, 1.54) is 6.92 Å². The average Bonchev–Trinajstić information content (AvgIpc) is 2.74. The van der Waals surface area contributed by atoms with Crippen molar-refractivity contribution in [3.8, 4) is 0 Å².